The van der Waals surface area contributed by atoms with E-state index < -0.39 is 0 Å². The molecule has 0 amide bonds. The van der Waals surface area contributed by atoms with Crippen LogP contribution in [0, 0.1) is 5.41 Å². The van der Waals surface area contributed by atoms with Crippen LogP contribution in [-0.2, 0) is 0 Å². The molecule has 78 valence electrons. The third-order valence-electron chi connectivity index (χ3n) is 2.36. The predicted molar refractivity (Wildman–Crippen MR) is 60.1 cm³/mol. The third-order valence-corrected chi connectivity index (χ3v) is 2.36. The first-order valence-corrected chi connectivity index (χ1v) is 4.99. The van der Waals surface area contributed by atoms with Crippen molar-refractivity contribution in [3.8, 4) is 0 Å². The lowest BCUT2D eigenvalue weighted by molar-refractivity contribution is 0.154. The van der Waals surface area contributed by atoms with Crippen molar-refractivity contribution in [3.05, 3.63) is 30.1 Å². The van der Waals surface area contributed by atoms with E-state index in [2.05, 4.69) is 56.9 Å². The Labute approximate surface area is 87.0 Å². The maximum absolute atomic E-state index is 4.05. The molecule has 0 aliphatic heterocycles. The molecule has 1 unspecified atom stereocenters. The lowest BCUT2D eigenvalue weighted by Gasteiger charge is -2.36. The van der Waals surface area contributed by atoms with E-state index in [0.29, 0.717) is 6.04 Å². The molecule has 0 saturated heterocycles. The van der Waals surface area contributed by atoms with Gasteiger partial charge in [0.05, 0.1) is 0 Å². The van der Waals surface area contributed by atoms with Crippen LogP contribution in [-0.4, -0.2) is 24.0 Å². The highest BCUT2D eigenvalue weighted by atomic mass is 15.1. The molecule has 14 heavy (non-hydrogen) atoms. The van der Waals surface area contributed by atoms with E-state index >= 15 is 0 Å². The topological polar surface area (TPSA) is 16.1 Å². The molecule has 0 saturated carbocycles. The predicted octanol–water partition coefficient (Wildman–Crippen LogP) is 2.73. The summed E-state index contributed by atoms with van der Waals surface area (Å²) in [5, 5.41) is 0. The van der Waals surface area contributed by atoms with Gasteiger partial charge in [-0.1, -0.05) is 20.8 Å². The number of hydrogen-bond acceptors (Lipinski definition) is 2. The Hall–Kier alpha value is -0.890. The summed E-state index contributed by atoms with van der Waals surface area (Å²) in [4.78, 5) is 6.31. The van der Waals surface area contributed by atoms with E-state index in [9.17, 15) is 0 Å². The molecular formula is C12H20N2. The maximum atomic E-state index is 4.05. The van der Waals surface area contributed by atoms with Gasteiger partial charge in [-0.25, -0.2) is 0 Å². The molecule has 0 aliphatic carbocycles. The molecule has 2 heteroatoms. The van der Waals surface area contributed by atoms with Gasteiger partial charge < -0.3 is 4.90 Å². The van der Waals surface area contributed by atoms with Crippen molar-refractivity contribution in [1.82, 2.24) is 9.88 Å². The summed E-state index contributed by atoms with van der Waals surface area (Å²) in [7, 11) is 4.24. The third kappa shape index (κ3) is 2.55. The monoisotopic (exact) mass is 192 g/mol. The van der Waals surface area contributed by atoms with Crippen molar-refractivity contribution < 1.29 is 0 Å². The summed E-state index contributed by atoms with van der Waals surface area (Å²) in [6.45, 7) is 6.79. The van der Waals surface area contributed by atoms with Gasteiger partial charge in [0, 0.05) is 18.4 Å². The molecule has 1 rings (SSSR count). The molecule has 1 heterocycles. The summed E-state index contributed by atoms with van der Waals surface area (Å²) >= 11 is 0. The van der Waals surface area contributed by atoms with E-state index in [-0.39, 0.29) is 5.41 Å². The van der Waals surface area contributed by atoms with Crippen LogP contribution in [0.3, 0.4) is 0 Å². The van der Waals surface area contributed by atoms with Gasteiger partial charge in [-0.3, -0.25) is 4.98 Å². The minimum absolute atomic E-state index is 0.241. The summed E-state index contributed by atoms with van der Waals surface area (Å²) in [5.74, 6) is 0. The average Bonchev–Trinajstić information content (AvgIpc) is 2.02. The number of pyridine rings is 1. The van der Waals surface area contributed by atoms with Crippen molar-refractivity contribution in [2.75, 3.05) is 14.1 Å². The number of rotatable bonds is 2. The molecule has 0 aliphatic rings. The van der Waals surface area contributed by atoms with Crippen LogP contribution in [0.5, 0.6) is 0 Å². The molecule has 1 atom stereocenters. The first-order valence-electron chi connectivity index (χ1n) is 4.99. The second kappa shape index (κ2) is 4.09. The van der Waals surface area contributed by atoms with Crippen LogP contribution in [0.15, 0.2) is 24.5 Å². The molecule has 0 radical (unpaired) electrons. The summed E-state index contributed by atoms with van der Waals surface area (Å²) in [6, 6.07) is 4.62. The zero-order chi connectivity index (χ0) is 10.8. The van der Waals surface area contributed by atoms with Crippen LogP contribution in [0.1, 0.15) is 32.4 Å². The number of aromatic nitrogens is 1. The molecule has 0 fully saturated rings. The molecule has 0 bridgehead atoms. The fourth-order valence-corrected chi connectivity index (χ4v) is 2.12. The highest BCUT2D eigenvalue weighted by Gasteiger charge is 2.27. The fourth-order valence-electron chi connectivity index (χ4n) is 2.12. The Morgan fingerprint density at radius 2 is 1.64 bits per heavy atom. The molecule has 0 N–H and O–H groups in total. The van der Waals surface area contributed by atoms with Gasteiger partial charge in [0.1, 0.15) is 0 Å². The zero-order valence-electron chi connectivity index (χ0n) is 9.78. The van der Waals surface area contributed by atoms with Crippen LogP contribution in [0.4, 0.5) is 0 Å². The van der Waals surface area contributed by atoms with E-state index in [0.717, 1.165) is 0 Å². The van der Waals surface area contributed by atoms with Gasteiger partial charge in [-0.2, -0.15) is 0 Å². The van der Waals surface area contributed by atoms with Gasteiger partial charge >= 0.3 is 0 Å². The first kappa shape index (κ1) is 11.2. The summed E-state index contributed by atoms with van der Waals surface area (Å²) in [6.07, 6.45) is 3.72. The summed E-state index contributed by atoms with van der Waals surface area (Å²) < 4.78 is 0. The maximum Gasteiger partial charge on any atom is 0.0391 e. The largest absolute Gasteiger partial charge is 0.302 e. The average molecular weight is 192 g/mol. The summed E-state index contributed by atoms with van der Waals surface area (Å²) in [5.41, 5.74) is 1.57. The Kier molecular flexibility index (Phi) is 3.27. The minimum Gasteiger partial charge on any atom is -0.302 e. The lowest BCUT2D eigenvalue weighted by Crippen LogP contribution is -2.31. The quantitative estimate of drug-likeness (QED) is 0.716. The van der Waals surface area contributed by atoms with Gasteiger partial charge in [0.15, 0.2) is 0 Å². The Morgan fingerprint density at radius 1 is 1.14 bits per heavy atom. The fraction of sp³-hybridized carbons (Fsp3) is 0.583. The molecule has 1 aromatic rings. The van der Waals surface area contributed by atoms with E-state index in [1.165, 1.54) is 5.56 Å². The van der Waals surface area contributed by atoms with E-state index in [1.807, 2.05) is 12.4 Å². The van der Waals surface area contributed by atoms with Gasteiger partial charge in [0.25, 0.3) is 0 Å². The normalized spacial score (nSPS) is 14.4. The van der Waals surface area contributed by atoms with E-state index in [1.54, 1.807) is 0 Å². The van der Waals surface area contributed by atoms with Crippen molar-refractivity contribution in [1.29, 1.82) is 0 Å². The van der Waals surface area contributed by atoms with Crippen molar-refractivity contribution in [2.24, 2.45) is 5.41 Å². The smallest absolute Gasteiger partial charge is 0.0391 e. The molecular weight excluding hydrogens is 172 g/mol. The second-order valence-corrected chi connectivity index (χ2v) is 5.01. The lowest BCUT2D eigenvalue weighted by atomic mass is 9.82. The SMILES string of the molecule is CN(C)C(c1ccncc1)C(C)(C)C. The van der Waals surface area contributed by atoms with Crippen molar-refractivity contribution >= 4 is 0 Å². The van der Waals surface area contributed by atoms with Crippen LogP contribution < -0.4 is 0 Å². The standard InChI is InChI=1S/C12H20N2/c1-12(2,3)11(14(4)5)10-6-8-13-9-7-10/h6-9,11H,1-5H3. The molecule has 1 aromatic heterocycles. The molecule has 0 spiro atoms. The van der Waals surface area contributed by atoms with Crippen molar-refractivity contribution in [2.45, 2.75) is 26.8 Å². The van der Waals surface area contributed by atoms with Crippen molar-refractivity contribution in [3.63, 3.8) is 0 Å². The van der Waals surface area contributed by atoms with E-state index in [4.69, 9.17) is 0 Å². The zero-order valence-corrected chi connectivity index (χ0v) is 9.78. The first-order chi connectivity index (χ1) is 6.43. The minimum atomic E-state index is 0.241. The van der Waals surface area contributed by atoms with Gasteiger partial charge in [-0.05, 0) is 37.2 Å². The number of hydrogen-bond donors (Lipinski definition) is 0. The molecule has 2 nitrogen and oxygen atoms in total. The number of nitrogens with zero attached hydrogens (tertiary/aromatic N) is 2. The van der Waals surface area contributed by atoms with Crippen LogP contribution in [0.25, 0.3) is 0 Å². The Morgan fingerprint density at radius 3 is 2.00 bits per heavy atom. The van der Waals surface area contributed by atoms with Gasteiger partial charge in [0.2, 0.25) is 0 Å². The Balaban J connectivity index is 3.02. The van der Waals surface area contributed by atoms with Gasteiger partial charge in [-0.15, -0.1) is 0 Å². The van der Waals surface area contributed by atoms with Crippen LogP contribution >= 0.6 is 0 Å². The van der Waals surface area contributed by atoms with Crippen LogP contribution in [0.2, 0.25) is 0 Å². The molecule has 0 aromatic carbocycles. The highest BCUT2D eigenvalue weighted by molar-refractivity contribution is 5.17. The second-order valence-electron chi connectivity index (χ2n) is 5.01. The Bertz CT molecular complexity index is 272. The highest BCUT2D eigenvalue weighted by Crippen LogP contribution is 2.35.